The van der Waals surface area contributed by atoms with Crippen molar-refractivity contribution in [3.8, 4) is 5.75 Å². The quantitative estimate of drug-likeness (QED) is 0.827. The predicted octanol–water partition coefficient (Wildman–Crippen LogP) is 1.23. The molecule has 0 aliphatic rings. The zero-order chi connectivity index (χ0) is 12.1. The molecule has 0 saturated heterocycles. The summed E-state index contributed by atoms with van der Waals surface area (Å²) in [6.45, 7) is 0.682. The zero-order valence-electron chi connectivity index (χ0n) is 9.41. The Morgan fingerprint density at radius 2 is 2.06 bits per heavy atom. The molecule has 90 valence electrons. The van der Waals surface area contributed by atoms with Gasteiger partial charge in [0.1, 0.15) is 12.4 Å². The predicted molar refractivity (Wildman–Crippen MR) is 58.4 cm³/mol. The maximum Gasteiger partial charge on any atom is 0.167 e. The van der Waals surface area contributed by atoms with Gasteiger partial charge in [-0.15, -0.1) is 0 Å². The summed E-state index contributed by atoms with van der Waals surface area (Å²) < 4.78 is 31.1. The zero-order valence-corrected chi connectivity index (χ0v) is 9.41. The molecule has 0 aromatic heterocycles. The SMILES string of the molecule is CN(C)C(CN)COc1ccc(F)cc1F. The number of hydrogen-bond acceptors (Lipinski definition) is 3. The molecule has 16 heavy (non-hydrogen) atoms. The number of halogens is 2. The van der Waals surface area contributed by atoms with Crippen LogP contribution in [0.25, 0.3) is 0 Å². The molecule has 1 aromatic rings. The summed E-state index contributed by atoms with van der Waals surface area (Å²) in [4.78, 5) is 1.89. The minimum atomic E-state index is -0.700. The first-order valence-electron chi connectivity index (χ1n) is 4.99. The molecule has 0 heterocycles. The lowest BCUT2D eigenvalue weighted by atomic mass is 10.3. The Hall–Kier alpha value is -1.20. The maximum atomic E-state index is 13.2. The van der Waals surface area contributed by atoms with Crippen LogP contribution >= 0.6 is 0 Å². The molecule has 0 aliphatic carbocycles. The van der Waals surface area contributed by atoms with Crippen molar-refractivity contribution in [2.75, 3.05) is 27.2 Å². The van der Waals surface area contributed by atoms with E-state index in [0.717, 1.165) is 12.1 Å². The van der Waals surface area contributed by atoms with Gasteiger partial charge in [0.05, 0.1) is 6.04 Å². The summed E-state index contributed by atoms with van der Waals surface area (Å²) in [5.74, 6) is -1.27. The summed E-state index contributed by atoms with van der Waals surface area (Å²) in [7, 11) is 3.73. The van der Waals surface area contributed by atoms with Gasteiger partial charge in [-0.3, -0.25) is 0 Å². The fourth-order valence-corrected chi connectivity index (χ4v) is 1.21. The van der Waals surface area contributed by atoms with Crippen LogP contribution < -0.4 is 10.5 Å². The Balaban J connectivity index is 2.60. The van der Waals surface area contributed by atoms with E-state index in [1.807, 2.05) is 19.0 Å². The van der Waals surface area contributed by atoms with Crippen molar-refractivity contribution >= 4 is 0 Å². The normalized spacial score (nSPS) is 12.9. The molecule has 0 bridgehead atoms. The topological polar surface area (TPSA) is 38.5 Å². The van der Waals surface area contributed by atoms with E-state index in [2.05, 4.69) is 0 Å². The molecule has 0 aliphatic heterocycles. The van der Waals surface area contributed by atoms with Crippen molar-refractivity contribution in [2.24, 2.45) is 5.73 Å². The molecule has 0 amide bonds. The number of likely N-dealkylation sites (N-methyl/N-ethyl adjacent to an activating group) is 1. The highest BCUT2D eigenvalue weighted by Crippen LogP contribution is 2.17. The minimum Gasteiger partial charge on any atom is -0.489 e. The van der Waals surface area contributed by atoms with E-state index in [0.29, 0.717) is 6.54 Å². The lowest BCUT2D eigenvalue weighted by molar-refractivity contribution is 0.185. The average Bonchev–Trinajstić information content (AvgIpc) is 2.21. The van der Waals surface area contributed by atoms with Crippen LogP contribution in [0.1, 0.15) is 0 Å². The summed E-state index contributed by atoms with van der Waals surface area (Å²) in [5, 5.41) is 0. The van der Waals surface area contributed by atoms with E-state index in [9.17, 15) is 8.78 Å². The molecule has 1 rings (SSSR count). The highest BCUT2D eigenvalue weighted by Gasteiger charge is 2.11. The molecule has 1 aromatic carbocycles. The molecule has 3 nitrogen and oxygen atoms in total. The van der Waals surface area contributed by atoms with Crippen molar-refractivity contribution in [3.63, 3.8) is 0 Å². The van der Waals surface area contributed by atoms with Crippen molar-refractivity contribution in [1.29, 1.82) is 0 Å². The number of hydrogen-bond donors (Lipinski definition) is 1. The van der Waals surface area contributed by atoms with Crippen LogP contribution in [-0.4, -0.2) is 38.2 Å². The van der Waals surface area contributed by atoms with Gasteiger partial charge < -0.3 is 15.4 Å². The van der Waals surface area contributed by atoms with Gasteiger partial charge in [0.15, 0.2) is 11.6 Å². The molecule has 0 radical (unpaired) electrons. The third kappa shape index (κ3) is 3.43. The molecule has 0 saturated carbocycles. The largest absolute Gasteiger partial charge is 0.489 e. The lowest BCUT2D eigenvalue weighted by Gasteiger charge is -2.22. The molecule has 1 atom stereocenters. The van der Waals surface area contributed by atoms with E-state index < -0.39 is 11.6 Å². The fourth-order valence-electron chi connectivity index (χ4n) is 1.21. The maximum absolute atomic E-state index is 13.2. The molecule has 5 heteroatoms. The van der Waals surface area contributed by atoms with Crippen molar-refractivity contribution in [3.05, 3.63) is 29.8 Å². The molecule has 0 spiro atoms. The number of rotatable bonds is 5. The van der Waals surface area contributed by atoms with Gasteiger partial charge in [0.2, 0.25) is 0 Å². The van der Waals surface area contributed by atoms with Crippen LogP contribution in [0.4, 0.5) is 8.78 Å². The highest BCUT2D eigenvalue weighted by molar-refractivity contribution is 5.24. The van der Waals surface area contributed by atoms with Crippen LogP contribution in [0.15, 0.2) is 18.2 Å². The number of benzene rings is 1. The van der Waals surface area contributed by atoms with Crippen LogP contribution in [0.2, 0.25) is 0 Å². The van der Waals surface area contributed by atoms with Crippen LogP contribution in [-0.2, 0) is 0 Å². The van der Waals surface area contributed by atoms with Crippen LogP contribution in [0.3, 0.4) is 0 Å². The van der Waals surface area contributed by atoms with Crippen molar-refractivity contribution in [1.82, 2.24) is 4.90 Å². The Kier molecular flexibility index (Phi) is 4.64. The molecule has 2 N–H and O–H groups in total. The first-order valence-corrected chi connectivity index (χ1v) is 4.99. The van der Waals surface area contributed by atoms with E-state index in [4.69, 9.17) is 10.5 Å². The van der Waals surface area contributed by atoms with Gasteiger partial charge in [-0.05, 0) is 26.2 Å². The monoisotopic (exact) mass is 230 g/mol. The summed E-state index contributed by atoms with van der Waals surface area (Å²) >= 11 is 0. The van der Waals surface area contributed by atoms with Gasteiger partial charge >= 0.3 is 0 Å². The minimum absolute atomic E-state index is 0.00412. The Morgan fingerprint density at radius 3 is 2.56 bits per heavy atom. The van der Waals surface area contributed by atoms with Crippen LogP contribution in [0.5, 0.6) is 5.75 Å². The number of ether oxygens (including phenoxy) is 1. The fraction of sp³-hybridized carbons (Fsp3) is 0.455. The summed E-state index contributed by atoms with van der Waals surface area (Å²) in [5.41, 5.74) is 5.52. The third-order valence-corrected chi connectivity index (χ3v) is 2.33. The van der Waals surface area contributed by atoms with Gasteiger partial charge in [-0.2, -0.15) is 0 Å². The van der Waals surface area contributed by atoms with Gasteiger partial charge in [0.25, 0.3) is 0 Å². The first-order chi connectivity index (χ1) is 7.54. The van der Waals surface area contributed by atoms with Crippen LogP contribution in [0, 0.1) is 11.6 Å². The molecular formula is C11H16F2N2O. The summed E-state index contributed by atoms with van der Waals surface area (Å²) in [6.07, 6.45) is 0. The highest BCUT2D eigenvalue weighted by atomic mass is 19.1. The smallest absolute Gasteiger partial charge is 0.167 e. The van der Waals surface area contributed by atoms with Gasteiger partial charge in [0, 0.05) is 12.6 Å². The summed E-state index contributed by atoms with van der Waals surface area (Å²) in [6, 6.07) is 3.23. The second-order valence-electron chi connectivity index (χ2n) is 3.74. The van der Waals surface area contributed by atoms with Gasteiger partial charge in [-0.25, -0.2) is 8.78 Å². The van der Waals surface area contributed by atoms with Crippen molar-refractivity contribution < 1.29 is 13.5 Å². The second kappa shape index (κ2) is 5.77. The Bertz CT molecular complexity index is 345. The Morgan fingerprint density at radius 1 is 1.38 bits per heavy atom. The average molecular weight is 230 g/mol. The number of nitrogens with zero attached hydrogens (tertiary/aromatic N) is 1. The molecule has 1 unspecified atom stereocenters. The van der Waals surface area contributed by atoms with Crippen molar-refractivity contribution in [2.45, 2.75) is 6.04 Å². The van der Waals surface area contributed by atoms with E-state index in [1.165, 1.54) is 6.07 Å². The van der Waals surface area contributed by atoms with E-state index >= 15 is 0 Å². The standard InChI is InChI=1S/C11H16F2N2O/c1-15(2)9(6-14)7-16-11-4-3-8(12)5-10(11)13/h3-5,9H,6-7,14H2,1-2H3. The third-order valence-electron chi connectivity index (χ3n) is 2.33. The first kappa shape index (κ1) is 12.9. The Labute approximate surface area is 93.8 Å². The second-order valence-corrected chi connectivity index (χ2v) is 3.74. The van der Waals surface area contributed by atoms with Gasteiger partial charge in [-0.1, -0.05) is 0 Å². The van der Waals surface area contributed by atoms with E-state index in [-0.39, 0.29) is 18.4 Å². The number of nitrogens with two attached hydrogens (primary N) is 1. The molecule has 0 fully saturated rings. The lowest BCUT2D eigenvalue weighted by Crippen LogP contribution is -2.39. The van der Waals surface area contributed by atoms with E-state index in [1.54, 1.807) is 0 Å². The molecular weight excluding hydrogens is 214 g/mol.